The van der Waals surface area contributed by atoms with Crippen LogP contribution in [0, 0.1) is 33.5 Å². The molecule has 4 fully saturated rings. The van der Waals surface area contributed by atoms with Gasteiger partial charge in [-0.05, 0) is 68.1 Å². The fourth-order valence-electron chi connectivity index (χ4n) is 8.49. The Kier molecular flexibility index (Phi) is 5.64. The van der Waals surface area contributed by atoms with E-state index in [2.05, 4.69) is 53.8 Å². The van der Waals surface area contributed by atoms with Gasteiger partial charge in [0.2, 0.25) is 5.91 Å². The number of ether oxygens (including phenoxy) is 1. The number of fused-ring (bicyclic) bond motifs is 4. The normalized spacial score (nSPS) is 42.5. The summed E-state index contributed by atoms with van der Waals surface area (Å²) in [6, 6.07) is 0.278. The fourth-order valence-corrected chi connectivity index (χ4v) is 8.49. The van der Waals surface area contributed by atoms with Crippen molar-refractivity contribution in [3.63, 3.8) is 0 Å². The van der Waals surface area contributed by atoms with Crippen LogP contribution in [0.1, 0.15) is 93.4 Å². The highest BCUT2D eigenvalue weighted by molar-refractivity contribution is 5.76. The monoisotopic (exact) mass is 461 g/mol. The summed E-state index contributed by atoms with van der Waals surface area (Å²) in [6.45, 7) is 17.1. The van der Waals surface area contributed by atoms with Crippen LogP contribution in [0.4, 0.5) is 0 Å². The fraction of sp³-hybridized carbons (Fsp3) is 0.929. The van der Waals surface area contributed by atoms with E-state index in [1.165, 1.54) is 19.3 Å². The van der Waals surface area contributed by atoms with Crippen LogP contribution < -0.4 is 5.32 Å². The lowest BCUT2D eigenvalue weighted by molar-refractivity contribution is -0.882. The van der Waals surface area contributed by atoms with Crippen molar-refractivity contribution in [2.75, 3.05) is 27.2 Å². The van der Waals surface area contributed by atoms with Crippen LogP contribution in [-0.2, 0) is 14.3 Å². The Hall–Kier alpha value is -1.10. The van der Waals surface area contributed by atoms with Crippen LogP contribution in [0.3, 0.4) is 0 Å². The quantitative estimate of drug-likeness (QED) is 0.432. The molecular formula is C28H49N2O3+. The Labute approximate surface area is 202 Å². The second-order valence-electron chi connectivity index (χ2n) is 14.5. The zero-order valence-corrected chi connectivity index (χ0v) is 22.8. The molecule has 4 aliphatic carbocycles. The minimum absolute atomic E-state index is 0.00274. The van der Waals surface area contributed by atoms with E-state index in [9.17, 15) is 9.59 Å². The van der Waals surface area contributed by atoms with Crippen LogP contribution in [0.25, 0.3) is 0 Å². The van der Waals surface area contributed by atoms with Gasteiger partial charge in [0.05, 0.1) is 27.1 Å². The Balaban J connectivity index is 1.30. The van der Waals surface area contributed by atoms with Crippen LogP contribution >= 0.6 is 0 Å². The van der Waals surface area contributed by atoms with Crippen LogP contribution in [-0.4, -0.2) is 55.2 Å². The van der Waals surface area contributed by atoms with Crippen LogP contribution in [0.15, 0.2) is 0 Å². The van der Waals surface area contributed by atoms with E-state index in [-0.39, 0.29) is 34.2 Å². The molecule has 0 radical (unpaired) electrons. The summed E-state index contributed by atoms with van der Waals surface area (Å²) in [5.41, 5.74) is 0.127. The summed E-state index contributed by atoms with van der Waals surface area (Å²) in [4.78, 5) is 26.0. The third-order valence-corrected chi connectivity index (χ3v) is 12.1. The average Bonchev–Trinajstić information content (AvgIpc) is 3.29. The van der Waals surface area contributed by atoms with Crippen LogP contribution in [0.2, 0.25) is 0 Å². The summed E-state index contributed by atoms with van der Waals surface area (Å²) in [7, 11) is 4.07. The molecule has 188 valence electrons. The molecule has 0 spiro atoms. The van der Waals surface area contributed by atoms with E-state index in [0.29, 0.717) is 41.2 Å². The van der Waals surface area contributed by atoms with E-state index >= 15 is 0 Å². The molecule has 1 N–H and O–H groups in total. The number of carbonyl (C=O) groups is 2. The van der Waals surface area contributed by atoms with Gasteiger partial charge in [-0.15, -0.1) is 0 Å². The van der Waals surface area contributed by atoms with Crippen molar-refractivity contribution in [3.05, 3.63) is 0 Å². The molecule has 5 nitrogen and oxygen atoms in total. The van der Waals surface area contributed by atoms with Gasteiger partial charge in [-0.2, -0.15) is 0 Å². The van der Waals surface area contributed by atoms with E-state index in [1.54, 1.807) is 0 Å². The van der Waals surface area contributed by atoms with Crippen molar-refractivity contribution in [3.8, 4) is 0 Å². The minimum Gasteiger partial charge on any atom is -0.454 e. The molecular weight excluding hydrogens is 412 g/mol. The molecule has 1 amide bonds. The van der Waals surface area contributed by atoms with E-state index in [0.717, 1.165) is 19.3 Å². The molecule has 0 saturated heterocycles. The van der Waals surface area contributed by atoms with Gasteiger partial charge in [0.15, 0.2) is 6.54 Å². The van der Waals surface area contributed by atoms with Gasteiger partial charge in [-0.3, -0.25) is 4.79 Å². The summed E-state index contributed by atoms with van der Waals surface area (Å²) in [6.07, 6.45) is 7.58. The average molecular weight is 462 g/mol. The first kappa shape index (κ1) is 25.0. The van der Waals surface area contributed by atoms with Crippen molar-refractivity contribution in [2.24, 2.45) is 33.5 Å². The number of hydrogen-bond acceptors (Lipinski definition) is 3. The van der Waals surface area contributed by atoms with E-state index in [1.807, 2.05) is 14.1 Å². The first-order valence-corrected chi connectivity index (χ1v) is 13.3. The summed E-state index contributed by atoms with van der Waals surface area (Å²) in [5, 5.41) is 3.37. The van der Waals surface area contributed by atoms with Crippen molar-refractivity contribution < 1.29 is 18.8 Å². The molecule has 4 bridgehead atoms. The highest BCUT2D eigenvalue weighted by atomic mass is 16.6. The largest absolute Gasteiger partial charge is 0.454 e. The molecule has 4 saturated carbocycles. The summed E-state index contributed by atoms with van der Waals surface area (Å²) < 4.78 is 6.79. The highest BCUT2D eigenvalue weighted by Crippen LogP contribution is 2.69. The predicted molar refractivity (Wildman–Crippen MR) is 131 cm³/mol. The number of nitrogens with one attached hydrogen (secondary N) is 1. The first-order valence-electron chi connectivity index (χ1n) is 13.3. The van der Waals surface area contributed by atoms with Gasteiger partial charge in [0.25, 0.3) is 0 Å². The van der Waals surface area contributed by atoms with Gasteiger partial charge >= 0.3 is 5.97 Å². The molecule has 0 heterocycles. The zero-order chi connectivity index (χ0) is 24.7. The topological polar surface area (TPSA) is 55.4 Å². The number of carbonyl (C=O) groups excluding carboxylic acids is 2. The van der Waals surface area contributed by atoms with Gasteiger partial charge in [-0.1, -0.05) is 41.5 Å². The Morgan fingerprint density at radius 1 is 0.939 bits per heavy atom. The van der Waals surface area contributed by atoms with Crippen molar-refractivity contribution in [1.82, 2.24) is 5.32 Å². The third kappa shape index (κ3) is 3.58. The number of quaternary nitrogens is 1. The molecule has 6 unspecified atom stereocenters. The van der Waals surface area contributed by atoms with Gasteiger partial charge in [0.1, 0.15) is 5.60 Å². The number of likely N-dealkylation sites (N-methyl/N-ethyl adjacent to an activating group) is 1. The number of amides is 1. The third-order valence-electron chi connectivity index (χ3n) is 12.1. The molecule has 0 aromatic carbocycles. The lowest BCUT2D eigenvalue weighted by atomic mass is 9.61. The number of hydrogen-bond donors (Lipinski definition) is 1. The van der Waals surface area contributed by atoms with Gasteiger partial charge < -0.3 is 14.5 Å². The SMILES string of the molecule is CC12CCC(C1)C(C)(C)C2(C)OC(=O)C[N+](C)(C)CCC(=O)NC1CC2CCC1(C)C2(C)C. The maximum absolute atomic E-state index is 13.1. The second-order valence-corrected chi connectivity index (χ2v) is 14.5. The zero-order valence-electron chi connectivity index (χ0n) is 22.8. The van der Waals surface area contributed by atoms with E-state index < -0.39 is 5.60 Å². The lowest BCUT2D eigenvalue weighted by Crippen LogP contribution is -2.56. The second kappa shape index (κ2) is 7.45. The molecule has 6 atom stereocenters. The molecule has 4 rings (SSSR count). The Morgan fingerprint density at radius 3 is 2.09 bits per heavy atom. The molecule has 0 aliphatic heterocycles. The molecule has 5 heteroatoms. The molecule has 4 aliphatic rings. The predicted octanol–water partition coefficient (Wildman–Crippen LogP) is 4.93. The number of esters is 1. The Morgan fingerprint density at radius 2 is 1.58 bits per heavy atom. The minimum atomic E-state index is -0.429. The van der Waals surface area contributed by atoms with Crippen molar-refractivity contribution in [1.29, 1.82) is 0 Å². The first-order chi connectivity index (χ1) is 15.0. The summed E-state index contributed by atoms with van der Waals surface area (Å²) in [5.74, 6) is 1.34. The van der Waals surface area contributed by atoms with Crippen molar-refractivity contribution >= 4 is 11.9 Å². The van der Waals surface area contributed by atoms with Crippen LogP contribution in [0.5, 0.6) is 0 Å². The Bertz CT molecular complexity index is 826. The van der Waals surface area contributed by atoms with E-state index in [4.69, 9.17) is 4.74 Å². The lowest BCUT2D eigenvalue weighted by Gasteiger charge is -2.51. The standard InChI is InChI=1S/C28H48N2O3/c1-24(2)19-11-14-27(24,6)21(16-19)29-22(31)12-15-30(8,9)18-23(32)33-28(7)25(3,4)20-10-13-26(28,5)17-20/h19-21H,10-18H2,1-9H3/p+1. The maximum Gasteiger partial charge on any atom is 0.362 e. The molecule has 0 aromatic heterocycles. The summed E-state index contributed by atoms with van der Waals surface area (Å²) >= 11 is 0. The maximum atomic E-state index is 13.1. The number of rotatable bonds is 7. The van der Waals surface area contributed by atoms with Gasteiger partial charge in [-0.25, -0.2) is 4.79 Å². The van der Waals surface area contributed by atoms with Crippen molar-refractivity contribution in [2.45, 2.75) is 105 Å². The number of nitrogens with zero attached hydrogens (tertiary/aromatic N) is 1. The molecule has 33 heavy (non-hydrogen) atoms. The smallest absolute Gasteiger partial charge is 0.362 e. The highest BCUT2D eigenvalue weighted by Gasteiger charge is 2.69. The molecule has 0 aromatic rings. The van der Waals surface area contributed by atoms with Gasteiger partial charge in [0, 0.05) is 16.9 Å².